The predicted octanol–water partition coefficient (Wildman–Crippen LogP) is 5.39. The van der Waals surface area contributed by atoms with Crippen molar-refractivity contribution < 1.29 is 4.74 Å². The Hall–Kier alpha value is -1.00. The Balaban J connectivity index is 2.26. The van der Waals surface area contributed by atoms with Crippen molar-refractivity contribution in [1.29, 1.82) is 0 Å². The van der Waals surface area contributed by atoms with Gasteiger partial charge in [0.25, 0.3) is 0 Å². The molecule has 0 aliphatic heterocycles. The highest BCUT2D eigenvalue weighted by Gasteiger charge is 2.11. The zero-order valence-corrected chi connectivity index (χ0v) is 14.0. The lowest BCUT2D eigenvalue weighted by Crippen LogP contribution is -2.08. The number of methoxy groups -OCH3 is 1. The van der Waals surface area contributed by atoms with Gasteiger partial charge in [-0.25, -0.2) is 0 Å². The first-order valence-corrected chi connectivity index (χ1v) is 7.55. The third kappa shape index (κ3) is 3.51. The fraction of sp³-hybridized carbons (Fsp3) is 0.200. The molecule has 0 aliphatic carbocycles. The molecule has 0 spiro atoms. The summed E-state index contributed by atoms with van der Waals surface area (Å²) in [6, 6.07) is 14.3. The van der Waals surface area contributed by atoms with Crippen molar-refractivity contribution in [1.82, 2.24) is 0 Å². The van der Waals surface area contributed by atoms with Crippen molar-refractivity contribution in [2.45, 2.75) is 13.0 Å². The van der Waals surface area contributed by atoms with Crippen LogP contribution in [0.5, 0.6) is 5.75 Å². The average Bonchev–Trinajstić information content (AvgIpc) is 2.39. The molecule has 2 rings (SSSR count). The second-order valence-electron chi connectivity index (χ2n) is 4.23. The Morgan fingerprint density at radius 3 is 2.53 bits per heavy atom. The molecular formula is C15H15Br2NO. The van der Waals surface area contributed by atoms with E-state index in [9.17, 15) is 0 Å². The van der Waals surface area contributed by atoms with E-state index < -0.39 is 0 Å². The minimum Gasteiger partial charge on any atom is -0.495 e. The summed E-state index contributed by atoms with van der Waals surface area (Å²) in [6.45, 7) is 2.13. The van der Waals surface area contributed by atoms with E-state index in [0.29, 0.717) is 0 Å². The van der Waals surface area contributed by atoms with E-state index in [-0.39, 0.29) is 6.04 Å². The Morgan fingerprint density at radius 2 is 1.84 bits per heavy atom. The van der Waals surface area contributed by atoms with Gasteiger partial charge in [0, 0.05) is 15.0 Å². The zero-order chi connectivity index (χ0) is 13.8. The summed E-state index contributed by atoms with van der Waals surface area (Å²) in [5, 5.41) is 3.47. The molecule has 1 unspecified atom stereocenters. The van der Waals surface area contributed by atoms with E-state index in [1.54, 1.807) is 7.11 Å². The second-order valence-corrected chi connectivity index (χ2v) is 6.00. The van der Waals surface area contributed by atoms with Gasteiger partial charge in [-0.3, -0.25) is 0 Å². The lowest BCUT2D eigenvalue weighted by molar-refractivity contribution is 0.416. The summed E-state index contributed by atoms with van der Waals surface area (Å²) in [5.74, 6) is 0.835. The third-order valence-corrected chi connectivity index (χ3v) is 4.12. The Bertz CT molecular complexity index is 572. The predicted molar refractivity (Wildman–Crippen MR) is 86.9 cm³/mol. The summed E-state index contributed by atoms with van der Waals surface area (Å²) >= 11 is 7.06. The third-order valence-electron chi connectivity index (χ3n) is 2.91. The van der Waals surface area contributed by atoms with Gasteiger partial charge in [-0.2, -0.15) is 0 Å². The van der Waals surface area contributed by atoms with E-state index in [4.69, 9.17) is 4.74 Å². The monoisotopic (exact) mass is 383 g/mol. The van der Waals surface area contributed by atoms with E-state index in [0.717, 1.165) is 20.4 Å². The van der Waals surface area contributed by atoms with Crippen LogP contribution in [0.2, 0.25) is 0 Å². The van der Waals surface area contributed by atoms with Gasteiger partial charge < -0.3 is 10.1 Å². The molecule has 0 heterocycles. The molecule has 2 nitrogen and oxygen atoms in total. The molecule has 0 radical (unpaired) electrons. The molecule has 0 saturated heterocycles. The number of benzene rings is 2. The molecule has 0 bridgehead atoms. The van der Waals surface area contributed by atoms with Crippen LogP contribution in [0.25, 0.3) is 0 Å². The van der Waals surface area contributed by atoms with Crippen LogP contribution >= 0.6 is 31.9 Å². The van der Waals surface area contributed by atoms with Gasteiger partial charge >= 0.3 is 0 Å². The SMILES string of the molecule is COc1ccc(Br)cc1NC(C)c1ccccc1Br. The van der Waals surface area contributed by atoms with Gasteiger partial charge in [-0.15, -0.1) is 0 Å². The van der Waals surface area contributed by atoms with Gasteiger partial charge in [-0.05, 0) is 36.8 Å². The van der Waals surface area contributed by atoms with Crippen molar-refractivity contribution in [3.63, 3.8) is 0 Å². The van der Waals surface area contributed by atoms with Crippen LogP contribution in [0.4, 0.5) is 5.69 Å². The first-order valence-electron chi connectivity index (χ1n) is 5.96. The van der Waals surface area contributed by atoms with Gasteiger partial charge in [0.05, 0.1) is 12.8 Å². The van der Waals surface area contributed by atoms with Crippen molar-refractivity contribution in [3.05, 3.63) is 57.0 Å². The number of ether oxygens (including phenoxy) is 1. The number of hydrogen-bond acceptors (Lipinski definition) is 2. The van der Waals surface area contributed by atoms with Gasteiger partial charge in [0.1, 0.15) is 5.75 Å². The van der Waals surface area contributed by atoms with Crippen LogP contribution in [-0.2, 0) is 0 Å². The molecule has 0 saturated carbocycles. The van der Waals surface area contributed by atoms with Crippen molar-refractivity contribution >= 4 is 37.5 Å². The van der Waals surface area contributed by atoms with E-state index in [2.05, 4.69) is 50.2 Å². The van der Waals surface area contributed by atoms with Crippen LogP contribution in [0.3, 0.4) is 0 Å². The van der Waals surface area contributed by atoms with Crippen LogP contribution in [-0.4, -0.2) is 7.11 Å². The average molecular weight is 385 g/mol. The summed E-state index contributed by atoms with van der Waals surface area (Å²) in [4.78, 5) is 0. The maximum Gasteiger partial charge on any atom is 0.142 e. The molecule has 0 aromatic heterocycles. The van der Waals surface area contributed by atoms with Gasteiger partial charge in [0.2, 0.25) is 0 Å². The maximum absolute atomic E-state index is 5.37. The fourth-order valence-electron chi connectivity index (χ4n) is 1.93. The first-order chi connectivity index (χ1) is 9.11. The van der Waals surface area contributed by atoms with Gasteiger partial charge in [-0.1, -0.05) is 50.1 Å². The number of nitrogens with one attached hydrogen (secondary N) is 1. The summed E-state index contributed by atoms with van der Waals surface area (Å²) in [5.41, 5.74) is 2.18. The molecule has 2 aromatic rings. The quantitative estimate of drug-likeness (QED) is 0.762. The fourth-order valence-corrected chi connectivity index (χ4v) is 2.92. The maximum atomic E-state index is 5.37. The van der Waals surface area contributed by atoms with E-state index in [1.165, 1.54) is 5.56 Å². The van der Waals surface area contributed by atoms with Crippen molar-refractivity contribution in [2.75, 3.05) is 12.4 Å². The number of hydrogen-bond donors (Lipinski definition) is 1. The molecule has 1 N–H and O–H groups in total. The lowest BCUT2D eigenvalue weighted by atomic mass is 10.1. The van der Waals surface area contributed by atoms with Crippen LogP contribution in [0.15, 0.2) is 51.4 Å². The van der Waals surface area contributed by atoms with E-state index >= 15 is 0 Å². The Labute approximate surface area is 130 Å². The number of halogens is 2. The lowest BCUT2D eigenvalue weighted by Gasteiger charge is -2.19. The topological polar surface area (TPSA) is 21.3 Å². The first kappa shape index (κ1) is 14.4. The highest BCUT2D eigenvalue weighted by atomic mass is 79.9. The minimum absolute atomic E-state index is 0.179. The Morgan fingerprint density at radius 1 is 1.11 bits per heavy atom. The highest BCUT2D eigenvalue weighted by Crippen LogP contribution is 2.32. The second kappa shape index (κ2) is 6.44. The summed E-state index contributed by atoms with van der Waals surface area (Å²) < 4.78 is 7.50. The highest BCUT2D eigenvalue weighted by molar-refractivity contribution is 9.10. The molecule has 4 heteroatoms. The molecular weight excluding hydrogens is 370 g/mol. The zero-order valence-electron chi connectivity index (χ0n) is 10.8. The van der Waals surface area contributed by atoms with Gasteiger partial charge in [0.15, 0.2) is 0 Å². The molecule has 19 heavy (non-hydrogen) atoms. The van der Waals surface area contributed by atoms with Crippen LogP contribution < -0.4 is 10.1 Å². The molecule has 2 aromatic carbocycles. The molecule has 100 valence electrons. The molecule has 0 fully saturated rings. The smallest absolute Gasteiger partial charge is 0.142 e. The normalized spacial score (nSPS) is 12.0. The van der Waals surface area contributed by atoms with Crippen molar-refractivity contribution in [3.8, 4) is 5.75 Å². The standard InChI is InChI=1S/C15H15Br2NO/c1-10(12-5-3-4-6-13(12)17)18-14-9-11(16)7-8-15(14)19-2/h3-10,18H,1-2H3. The summed E-state index contributed by atoms with van der Waals surface area (Å²) in [6.07, 6.45) is 0. The largest absolute Gasteiger partial charge is 0.495 e. The minimum atomic E-state index is 0.179. The van der Waals surface area contributed by atoms with E-state index in [1.807, 2.05) is 36.4 Å². The molecule has 1 atom stereocenters. The summed E-state index contributed by atoms with van der Waals surface area (Å²) in [7, 11) is 1.68. The Kier molecular flexibility index (Phi) is 4.88. The van der Waals surface area contributed by atoms with Crippen molar-refractivity contribution in [2.24, 2.45) is 0 Å². The number of rotatable bonds is 4. The molecule has 0 amide bonds. The van der Waals surface area contributed by atoms with Crippen LogP contribution in [0, 0.1) is 0 Å². The molecule has 0 aliphatic rings. The number of anilines is 1. The van der Waals surface area contributed by atoms with Crippen LogP contribution in [0.1, 0.15) is 18.5 Å².